The molecule has 1 heterocycles. The van der Waals surface area contributed by atoms with Gasteiger partial charge >= 0.3 is 0 Å². The maximum absolute atomic E-state index is 5.66. The van der Waals surface area contributed by atoms with Gasteiger partial charge in [0, 0.05) is 6.54 Å². The van der Waals surface area contributed by atoms with Gasteiger partial charge in [0.2, 0.25) is 4.47 Å². The molecule has 0 atom stereocenters. The minimum Gasteiger partial charge on any atom is -0.486 e. The van der Waals surface area contributed by atoms with Crippen LogP contribution in [0.15, 0.2) is 24.3 Å². The van der Waals surface area contributed by atoms with Gasteiger partial charge in [0.1, 0.15) is 12.4 Å². The molecule has 0 fully saturated rings. The van der Waals surface area contributed by atoms with Crippen molar-refractivity contribution in [2.45, 2.75) is 13.2 Å². The molecule has 84 valence electrons. The van der Waals surface area contributed by atoms with Crippen molar-refractivity contribution in [3.05, 3.63) is 39.3 Å². The van der Waals surface area contributed by atoms with Gasteiger partial charge in [-0.15, -0.1) is 10.2 Å². The molecule has 0 saturated carbocycles. The number of nitrogens with two attached hydrogens (primary N) is 1. The number of ether oxygens (including phenoxy) is 1. The van der Waals surface area contributed by atoms with Gasteiger partial charge < -0.3 is 10.5 Å². The van der Waals surface area contributed by atoms with E-state index in [0.717, 1.165) is 16.3 Å². The maximum Gasteiger partial charge on any atom is 0.207 e. The third-order valence-corrected chi connectivity index (χ3v) is 2.93. The molecule has 2 N–H and O–H groups in total. The van der Waals surface area contributed by atoms with Gasteiger partial charge in [-0.05, 0) is 29.3 Å². The summed E-state index contributed by atoms with van der Waals surface area (Å²) in [5.41, 5.74) is 6.57. The molecule has 0 aliphatic carbocycles. The molecule has 0 bridgehead atoms. The Bertz CT molecular complexity index is 475. The zero-order valence-corrected chi connectivity index (χ0v) is 9.96. The lowest BCUT2D eigenvalue weighted by Gasteiger charge is -2.04. The molecule has 0 aliphatic heterocycles. The van der Waals surface area contributed by atoms with Crippen LogP contribution < -0.4 is 10.5 Å². The zero-order valence-electron chi connectivity index (χ0n) is 8.39. The van der Waals surface area contributed by atoms with Crippen LogP contribution in [-0.2, 0) is 13.2 Å². The van der Waals surface area contributed by atoms with E-state index in [-0.39, 0.29) is 0 Å². The molecule has 0 spiro atoms. The molecule has 6 heteroatoms. The summed E-state index contributed by atoms with van der Waals surface area (Å²) in [6, 6.07) is 7.64. The number of hydrogen-bond acceptors (Lipinski definition) is 5. The van der Waals surface area contributed by atoms with Gasteiger partial charge in [-0.2, -0.15) is 0 Å². The van der Waals surface area contributed by atoms with E-state index in [1.165, 1.54) is 11.3 Å². The maximum atomic E-state index is 5.66. The number of nitrogens with zero attached hydrogens (tertiary/aromatic N) is 2. The molecule has 0 aliphatic rings. The van der Waals surface area contributed by atoms with Gasteiger partial charge in [-0.25, -0.2) is 0 Å². The summed E-state index contributed by atoms with van der Waals surface area (Å²) < 4.78 is 5.97. The van der Waals surface area contributed by atoms with Gasteiger partial charge in [0.15, 0.2) is 5.01 Å². The quantitative estimate of drug-likeness (QED) is 0.910. The standard InChI is InChI=1S/C10H10ClN3OS/c11-10-14-13-9(16-10)6-15-8-3-1-2-7(4-8)5-12/h1-4H,5-6,12H2. The average molecular weight is 256 g/mol. The van der Waals surface area contributed by atoms with Gasteiger partial charge in [-0.1, -0.05) is 23.5 Å². The molecule has 2 rings (SSSR count). The lowest BCUT2D eigenvalue weighted by Crippen LogP contribution is -1.98. The first-order valence-electron chi connectivity index (χ1n) is 4.67. The van der Waals surface area contributed by atoms with Crippen molar-refractivity contribution in [1.82, 2.24) is 10.2 Å². The Morgan fingerprint density at radius 2 is 2.25 bits per heavy atom. The highest BCUT2D eigenvalue weighted by Crippen LogP contribution is 2.18. The van der Waals surface area contributed by atoms with E-state index < -0.39 is 0 Å². The van der Waals surface area contributed by atoms with E-state index in [1.54, 1.807) is 0 Å². The first kappa shape index (κ1) is 11.3. The number of benzene rings is 1. The van der Waals surface area contributed by atoms with Gasteiger partial charge in [0.05, 0.1) is 0 Å². The van der Waals surface area contributed by atoms with E-state index in [2.05, 4.69) is 10.2 Å². The summed E-state index contributed by atoms with van der Waals surface area (Å²) in [4.78, 5) is 0. The predicted octanol–water partition coefficient (Wildman–Crippen LogP) is 2.23. The Balaban J connectivity index is 1.99. The van der Waals surface area contributed by atoms with Crippen LogP contribution in [0.25, 0.3) is 0 Å². The van der Waals surface area contributed by atoms with Gasteiger partial charge in [0.25, 0.3) is 0 Å². The van der Waals surface area contributed by atoms with E-state index >= 15 is 0 Å². The molecule has 4 nitrogen and oxygen atoms in total. The molecule has 0 amide bonds. The Kier molecular flexibility index (Phi) is 3.71. The molecule has 16 heavy (non-hydrogen) atoms. The van der Waals surface area contributed by atoms with Crippen LogP contribution in [0.2, 0.25) is 4.47 Å². The lowest BCUT2D eigenvalue weighted by molar-refractivity contribution is 0.304. The zero-order chi connectivity index (χ0) is 11.4. The molecule has 1 aromatic heterocycles. The monoisotopic (exact) mass is 255 g/mol. The van der Waals surface area contributed by atoms with Crippen LogP contribution in [0, 0.1) is 0 Å². The second kappa shape index (κ2) is 5.25. The highest BCUT2D eigenvalue weighted by molar-refractivity contribution is 7.15. The van der Waals surface area contributed by atoms with Crippen molar-refractivity contribution >= 4 is 22.9 Å². The molecule has 1 aromatic carbocycles. The Morgan fingerprint density at radius 1 is 1.38 bits per heavy atom. The normalized spacial score (nSPS) is 10.4. The number of aromatic nitrogens is 2. The van der Waals surface area contributed by atoms with E-state index in [4.69, 9.17) is 22.1 Å². The van der Waals surface area contributed by atoms with Crippen LogP contribution in [0.4, 0.5) is 0 Å². The smallest absolute Gasteiger partial charge is 0.207 e. The van der Waals surface area contributed by atoms with Crippen LogP contribution in [0.5, 0.6) is 5.75 Å². The number of hydrogen-bond donors (Lipinski definition) is 1. The Morgan fingerprint density at radius 3 is 2.94 bits per heavy atom. The van der Waals surface area contributed by atoms with E-state index in [9.17, 15) is 0 Å². The van der Waals surface area contributed by atoms with Crippen molar-refractivity contribution in [2.24, 2.45) is 5.73 Å². The minimum atomic E-state index is 0.373. The van der Waals surface area contributed by atoms with Crippen molar-refractivity contribution < 1.29 is 4.74 Å². The van der Waals surface area contributed by atoms with Crippen molar-refractivity contribution in [3.8, 4) is 5.75 Å². The average Bonchev–Trinajstić information content (AvgIpc) is 2.73. The third kappa shape index (κ3) is 2.91. The SMILES string of the molecule is NCc1cccc(OCc2nnc(Cl)s2)c1. The molecule has 0 unspecified atom stereocenters. The fourth-order valence-electron chi connectivity index (χ4n) is 1.20. The molecular formula is C10H10ClN3OS. The van der Waals surface area contributed by atoms with E-state index in [0.29, 0.717) is 17.6 Å². The topological polar surface area (TPSA) is 61.0 Å². The fourth-order valence-corrected chi connectivity index (χ4v) is 1.98. The summed E-state index contributed by atoms with van der Waals surface area (Å²) in [5, 5.41) is 8.31. The Labute approximate surface area is 102 Å². The van der Waals surface area contributed by atoms with Crippen LogP contribution in [-0.4, -0.2) is 10.2 Å². The molecule has 2 aromatic rings. The van der Waals surface area contributed by atoms with Crippen LogP contribution >= 0.6 is 22.9 Å². The molecule has 0 saturated heterocycles. The summed E-state index contributed by atoms with van der Waals surface area (Å²) >= 11 is 6.97. The molecular weight excluding hydrogens is 246 g/mol. The predicted molar refractivity (Wildman–Crippen MR) is 63.6 cm³/mol. The summed E-state index contributed by atoms with van der Waals surface area (Å²) in [7, 11) is 0. The lowest BCUT2D eigenvalue weighted by atomic mass is 10.2. The van der Waals surface area contributed by atoms with Crippen LogP contribution in [0.1, 0.15) is 10.6 Å². The van der Waals surface area contributed by atoms with Crippen molar-refractivity contribution in [3.63, 3.8) is 0 Å². The Hall–Kier alpha value is -1.17. The largest absolute Gasteiger partial charge is 0.486 e. The second-order valence-corrected chi connectivity index (χ2v) is 4.73. The fraction of sp³-hybridized carbons (Fsp3) is 0.200. The number of halogens is 1. The molecule has 0 radical (unpaired) electrons. The first-order chi connectivity index (χ1) is 7.78. The van der Waals surface area contributed by atoms with Crippen LogP contribution in [0.3, 0.4) is 0 Å². The van der Waals surface area contributed by atoms with Gasteiger partial charge in [-0.3, -0.25) is 0 Å². The summed E-state index contributed by atoms with van der Waals surface area (Å²) in [5.74, 6) is 0.772. The second-order valence-electron chi connectivity index (χ2n) is 3.09. The van der Waals surface area contributed by atoms with E-state index in [1.807, 2.05) is 24.3 Å². The minimum absolute atomic E-state index is 0.373. The highest BCUT2D eigenvalue weighted by atomic mass is 35.5. The van der Waals surface area contributed by atoms with Crippen molar-refractivity contribution in [1.29, 1.82) is 0 Å². The number of rotatable bonds is 4. The summed E-state index contributed by atoms with van der Waals surface area (Å²) in [6.07, 6.45) is 0. The van der Waals surface area contributed by atoms with Crippen molar-refractivity contribution in [2.75, 3.05) is 0 Å². The highest BCUT2D eigenvalue weighted by Gasteiger charge is 2.02. The third-order valence-electron chi connectivity index (χ3n) is 1.94. The first-order valence-corrected chi connectivity index (χ1v) is 5.87. The summed E-state index contributed by atoms with van der Waals surface area (Å²) in [6.45, 7) is 0.875.